The summed E-state index contributed by atoms with van der Waals surface area (Å²) in [5.74, 6) is 0. The van der Waals surface area contributed by atoms with Gasteiger partial charge in [0.2, 0.25) is 0 Å². The van der Waals surface area contributed by atoms with E-state index in [9.17, 15) is 0 Å². The fourth-order valence-corrected chi connectivity index (χ4v) is 8.85. The van der Waals surface area contributed by atoms with Crippen LogP contribution in [-0.4, -0.2) is 40.3 Å². The second kappa shape index (κ2) is 9.36. The third-order valence-corrected chi connectivity index (χ3v) is 10.6. The minimum Gasteiger partial charge on any atom is -0.405 e. The molecule has 0 spiro atoms. The van der Waals surface area contributed by atoms with Crippen molar-refractivity contribution in [3.05, 3.63) is 60.7 Å². The Morgan fingerprint density at radius 1 is 0.929 bits per heavy atom. The van der Waals surface area contributed by atoms with Crippen LogP contribution in [0.4, 0.5) is 0 Å². The number of ether oxygens (including phenoxy) is 2. The number of benzene rings is 2. The molecule has 1 heterocycles. The first kappa shape index (κ1) is 21.3. The maximum absolute atomic E-state index is 6.97. The van der Waals surface area contributed by atoms with Crippen molar-refractivity contribution in [1.82, 2.24) is 0 Å². The molecule has 1 aliphatic rings. The normalized spacial score (nSPS) is 20.9. The fourth-order valence-electron chi connectivity index (χ4n) is 4.26. The van der Waals surface area contributed by atoms with Crippen LogP contribution in [0.2, 0.25) is 5.04 Å². The molecule has 0 unspecified atom stereocenters. The van der Waals surface area contributed by atoms with Crippen molar-refractivity contribution < 1.29 is 13.9 Å². The van der Waals surface area contributed by atoms with Crippen LogP contribution >= 0.6 is 0 Å². The number of hydrogen-bond donors (Lipinski definition) is 0. The minimum absolute atomic E-state index is 0.00176. The SMILES string of the molecule is CCO[C@@H]1CC[C@@H](CO[Si](c2ccccc2)(c2ccccc2)C(C)(C)C)OC1. The van der Waals surface area contributed by atoms with Gasteiger partial charge in [-0.05, 0) is 35.2 Å². The Kier molecular flexibility index (Phi) is 7.10. The van der Waals surface area contributed by atoms with E-state index in [4.69, 9.17) is 13.9 Å². The van der Waals surface area contributed by atoms with Crippen LogP contribution in [0.25, 0.3) is 0 Å². The van der Waals surface area contributed by atoms with Crippen LogP contribution in [-0.2, 0) is 13.9 Å². The minimum atomic E-state index is -2.48. The van der Waals surface area contributed by atoms with Crippen molar-refractivity contribution in [3.63, 3.8) is 0 Å². The summed E-state index contributed by atoms with van der Waals surface area (Å²) in [6.07, 6.45) is 2.40. The van der Waals surface area contributed by atoms with Gasteiger partial charge in [-0.3, -0.25) is 0 Å². The molecule has 2 aromatic carbocycles. The van der Waals surface area contributed by atoms with E-state index in [-0.39, 0.29) is 17.2 Å². The van der Waals surface area contributed by atoms with Crippen LogP contribution in [0.5, 0.6) is 0 Å². The molecule has 2 atom stereocenters. The predicted molar refractivity (Wildman–Crippen MR) is 118 cm³/mol. The largest absolute Gasteiger partial charge is 0.405 e. The van der Waals surface area contributed by atoms with E-state index in [0.717, 1.165) is 19.4 Å². The molecule has 152 valence electrons. The molecular weight excluding hydrogens is 364 g/mol. The molecule has 0 amide bonds. The topological polar surface area (TPSA) is 27.7 Å². The molecule has 0 bridgehead atoms. The highest BCUT2D eigenvalue weighted by Crippen LogP contribution is 2.37. The van der Waals surface area contributed by atoms with Crippen molar-refractivity contribution in [3.8, 4) is 0 Å². The molecule has 1 aliphatic heterocycles. The van der Waals surface area contributed by atoms with Crippen molar-refractivity contribution in [2.75, 3.05) is 19.8 Å². The molecule has 28 heavy (non-hydrogen) atoms. The first-order valence-corrected chi connectivity index (χ1v) is 12.4. The van der Waals surface area contributed by atoms with Gasteiger partial charge in [-0.2, -0.15) is 0 Å². The molecule has 1 fully saturated rings. The van der Waals surface area contributed by atoms with E-state index in [1.165, 1.54) is 10.4 Å². The zero-order chi connectivity index (χ0) is 20.0. The van der Waals surface area contributed by atoms with Crippen molar-refractivity contribution in [2.24, 2.45) is 0 Å². The van der Waals surface area contributed by atoms with Crippen molar-refractivity contribution in [1.29, 1.82) is 0 Å². The Labute approximate surface area is 171 Å². The van der Waals surface area contributed by atoms with Gasteiger partial charge in [0.15, 0.2) is 0 Å². The Morgan fingerprint density at radius 3 is 1.93 bits per heavy atom. The van der Waals surface area contributed by atoms with Crippen LogP contribution in [0.1, 0.15) is 40.5 Å². The third-order valence-electron chi connectivity index (χ3n) is 5.63. The molecule has 2 aromatic rings. The zero-order valence-corrected chi connectivity index (χ0v) is 18.7. The summed E-state index contributed by atoms with van der Waals surface area (Å²) in [6, 6.07) is 21.6. The molecule has 0 N–H and O–H groups in total. The first-order valence-electron chi connectivity index (χ1n) is 10.5. The monoisotopic (exact) mass is 398 g/mol. The summed E-state index contributed by atoms with van der Waals surface area (Å²) in [5.41, 5.74) is 0. The number of rotatable bonds is 7. The second-order valence-corrected chi connectivity index (χ2v) is 12.9. The highest BCUT2D eigenvalue weighted by Gasteiger charge is 2.50. The van der Waals surface area contributed by atoms with E-state index < -0.39 is 8.32 Å². The Morgan fingerprint density at radius 2 is 1.50 bits per heavy atom. The van der Waals surface area contributed by atoms with Crippen molar-refractivity contribution >= 4 is 18.7 Å². The lowest BCUT2D eigenvalue weighted by Gasteiger charge is -2.44. The lowest BCUT2D eigenvalue weighted by Crippen LogP contribution is -2.67. The molecule has 0 aliphatic carbocycles. The average Bonchev–Trinajstić information content (AvgIpc) is 2.70. The molecule has 3 nitrogen and oxygen atoms in total. The molecule has 1 saturated heterocycles. The Bertz CT molecular complexity index is 664. The molecule has 0 aromatic heterocycles. The second-order valence-electron chi connectivity index (χ2n) is 8.58. The van der Waals surface area contributed by atoms with Gasteiger partial charge in [0.1, 0.15) is 0 Å². The molecule has 0 saturated carbocycles. The van der Waals surface area contributed by atoms with E-state index in [0.29, 0.717) is 13.2 Å². The Balaban J connectivity index is 1.87. The van der Waals surface area contributed by atoms with Gasteiger partial charge in [0.25, 0.3) is 8.32 Å². The summed E-state index contributed by atoms with van der Waals surface area (Å²) in [6.45, 7) is 11.0. The molecule has 3 rings (SSSR count). The summed E-state index contributed by atoms with van der Waals surface area (Å²) in [7, 11) is -2.48. The summed E-state index contributed by atoms with van der Waals surface area (Å²) in [5, 5.41) is 2.63. The standard InChI is InChI=1S/C24H34O3Si/c1-5-25-20-16-17-21(26-18-20)19-27-28(24(2,3)4,22-12-8-6-9-13-22)23-14-10-7-11-15-23/h6-15,20-21H,5,16-19H2,1-4H3/t20-,21+/m1/s1. The van der Waals surface area contributed by atoms with E-state index >= 15 is 0 Å². The van der Waals surface area contributed by atoms with Crippen LogP contribution < -0.4 is 10.4 Å². The lowest BCUT2D eigenvalue weighted by atomic mass is 10.1. The molecular formula is C24H34O3Si. The molecule has 4 heteroatoms. The summed E-state index contributed by atoms with van der Waals surface area (Å²) in [4.78, 5) is 0. The van der Waals surface area contributed by atoms with E-state index in [1.807, 2.05) is 6.92 Å². The van der Waals surface area contributed by atoms with Gasteiger partial charge in [-0.25, -0.2) is 0 Å². The summed E-state index contributed by atoms with van der Waals surface area (Å²) >= 11 is 0. The highest BCUT2D eigenvalue weighted by molar-refractivity contribution is 6.99. The van der Waals surface area contributed by atoms with Crippen LogP contribution in [0, 0.1) is 0 Å². The van der Waals surface area contributed by atoms with E-state index in [2.05, 4.69) is 81.4 Å². The quantitative estimate of drug-likeness (QED) is 0.656. The highest BCUT2D eigenvalue weighted by atomic mass is 28.4. The van der Waals surface area contributed by atoms with Gasteiger partial charge in [-0.1, -0.05) is 81.4 Å². The van der Waals surface area contributed by atoms with Gasteiger partial charge >= 0.3 is 0 Å². The van der Waals surface area contributed by atoms with Crippen LogP contribution in [0.15, 0.2) is 60.7 Å². The summed E-state index contributed by atoms with van der Waals surface area (Å²) < 4.78 is 18.8. The zero-order valence-electron chi connectivity index (χ0n) is 17.7. The van der Waals surface area contributed by atoms with Gasteiger partial charge < -0.3 is 13.9 Å². The van der Waals surface area contributed by atoms with Crippen molar-refractivity contribution in [2.45, 2.75) is 57.8 Å². The fraction of sp³-hybridized carbons (Fsp3) is 0.500. The Hall–Kier alpha value is -1.46. The maximum atomic E-state index is 6.97. The third kappa shape index (κ3) is 4.57. The van der Waals surface area contributed by atoms with Gasteiger partial charge in [0.05, 0.1) is 25.4 Å². The van der Waals surface area contributed by atoms with Gasteiger partial charge in [0, 0.05) is 6.61 Å². The smallest absolute Gasteiger partial charge is 0.261 e. The van der Waals surface area contributed by atoms with Gasteiger partial charge in [-0.15, -0.1) is 0 Å². The van der Waals surface area contributed by atoms with Crippen LogP contribution in [0.3, 0.4) is 0 Å². The predicted octanol–water partition coefficient (Wildman–Crippen LogP) is 4.15. The molecule has 0 radical (unpaired) electrons. The first-order chi connectivity index (χ1) is 13.5. The van der Waals surface area contributed by atoms with E-state index in [1.54, 1.807) is 0 Å². The number of hydrogen-bond acceptors (Lipinski definition) is 3. The average molecular weight is 399 g/mol. The lowest BCUT2D eigenvalue weighted by molar-refractivity contribution is -0.0937. The maximum Gasteiger partial charge on any atom is 0.261 e.